The van der Waals surface area contributed by atoms with Gasteiger partial charge in [0.15, 0.2) is 0 Å². The summed E-state index contributed by atoms with van der Waals surface area (Å²) in [6, 6.07) is 8.44. The molecule has 2 unspecified atom stereocenters. The molecular weight excluding hydrogens is 188 g/mol. The Kier molecular flexibility index (Phi) is 3.23. The molecule has 0 bridgehead atoms. The lowest BCUT2D eigenvalue weighted by Gasteiger charge is -2.29. The van der Waals surface area contributed by atoms with Crippen molar-refractivity contribution in [3.63, 3.8) is 0 Å². The lowest BCUT2D eigenvalue weighted by Crippen LogP contribution is -2.44. The maximum atomic E-state index is 6.10. The molecule has 2 rings (SSSR count). The summed E-state index contributed by atoms with van der Waals surface area (Å²) in [7, 11) is 1.70. The van der Waals surface area contributed by atoms with Gasteiger partial charge in [0.05, 0.1) is 7.11 Å². The fraction of sp³-hybridized carbons (Fsp3) is 0.500. The molecule has 1 heterocycles. The van der Waals surface area contributed by atoms with Crippen molar-refractivity contribution in [3.8, 4) is 5.75 Å². The average Bonchev–Trinajstić information content (AvgIpc) is 2.30. The molecule has 0 amide bonds. The van der Waals surface area contributed by atoms with E-state index in [0.717, 1.165) is 25.3 Å². The standard InChI is InChI=1S/C12H18N2O/c1-15-10-4-2-3-9(7-10)11-5-6-14-8-12(11)13/h2-4,7,11-12,14H,5-6,8,13H2,1H3. The zero-order valence-corrected chi connectivity index (χ0v) is 9.07. The Hall–Kier alpha value is -1.06. The van der Waals surface area contributed by atoms with Gasteiger partial charge < -0.3 is 15.8 Å². The molecule has 1 fully saturated rings. The van der Waals surface area contributed by atoms with E-state index in [1.54, 1.807) is 7.11 Å². The van der Waals surface area contributed by atoms with Crippen molar-refractivity contribution >= 4 is 0 Å². The van der Waals surface area contributed by atoms with Gasteiger partial charge in [-0.05, 0) is 30.7 Å². The summed E-state index contributed by atoms with van der Waals surface area (Å²) in [4.78, 5) is 0. The lowest BCUT2D eigenvalue weighted by atomic mass is 9.86. The third-order valence-corrected chi connectivity index (χ3v) is 3.05. The van der Waals surface area contributed by atoms with Gasteiger partial charge in [0.1, 0.15) is 5.75 Å². The van der Waals surface area contributed by atoms with Crippen molar-refractivity contribution in [2.45, 2.75) is 18.4 Å². The van der Waals surface area contributed by atoms with Crippen molar-refractivity contribution < 1.29 is 4.74 Å². The van der Waals surface area contributed by atoms with Crippen LogP contribution in [0, 0.1) is 0 Å². The SMILES string of the molecule is COc1cccc(C2CCNCC2N)c1. The van der Waals surface area contributed by atoms with E-state index < -0.39 is 0 Å². The molecule has 3 N–H and O–H groups in total. The van der Waals surface area contributed by atoms with Crippen LogP contribution in [0.3, 0.4) is 0 Å². The lowest BCUT2D eigenvalue weighted by molar-refractivity contribution is 0.395. The third kappa shape index (κ3) is 2.30. The summed E-state index contributed by atoms with van der Waals surface area (Å²) < 4.78 is 5.22. The molecule has 3 heteroatoms. The van der Waals surface area contributed by atoms with Gasteiger partial charge in [-0.15, -0.1) is 0 Å². The first kappa shape index (κ1) is 10.5. The van der Waals surface area contributed by atoms with Crippen LogP contribution in [0.5, 0.6) is 5.75 Å². The second-order valence-electron chi connectivity index (χ2n) is 4.04. The number of methoxy groups -OCH3 is 1. The second-order valence-corrected chi connectivity index (χ2v) is 4.04. The third-order valence-electron chi connectivity index (χ3n) is 3.05. The van der Waals surface area contributed by atoms with Gasteiger partial charge in [0.25, 0.3) is 0 Å². The molecule has 3 nitrogen and oxygen atoms in total. The van der Waals surface area contributed by atoms with Crippen LogP contribution < -0.4 is 15.8 Å². The predicted molar refractivity (Wildman–Crippen MR) is 61.2 cm³/mol. The summed E-state index contributed by atoms with van der Waals surface area (Å²) in [6.45, 7) is 1.96. The van der Waals surface area contributed by atoms with Gasteiger partial charge in [-0.1, -0.05) is 12.1 Å². The number of rotatable bonds is 2. The molecule has 1 aliphatic heterocycles. The minimum Gasteiger partial charge on any atom is -0.497 e. The van der Waals surface area contributed by atoms with E-state index in [9.17, 15) is 0 Å². The van der Waals surface area contributed by atoms with Crippen LogP contribution in [0.2, 0.25) is 0 Å². The van der Waals surface area contributed by atoms with Crippen LogP contribution in [-0.2, 0) is 0 Å². The van der Waals surface area contributed by atoms with Crippen LogP contribution in [0.4, 0.5) is 0 Å². The van der Waals surface area contributed by atoms with E-state index in [1.807, 2.05) is 12.1 Å². The molecule has 82 valence electrons. The first-order chi connectivity index (χ1) is 7.31. The molecular formula is C12H18N2O. The van der Waals surface area contributed by atoms with Crippen molar-refractivity contribution in [2.75, 3.05) is 20.2 Å². The van der Waals surface area contributed by atoms with Crippen LogP contribution in [0.15, 0.2) is 24.3 Å². The highest BCUT2D eigenvalue weighted by atomic mass is 16.5. The van der Waals surface area contributed by atoms with Crippen LogP contribution in [-0.4, -0.2) is 26.2 Å². The normalized spacial score (nSPS) is 26.3. The van der Waals surface area contributed by atoms with Crippen molar-refractivity contribution in [2.24, 2.45) is 5.73 Å². The summed E-state index contributed by atoms with van der Waals surface area (Å²) in [5.41, 5.74) is 7.39. The van der Waals surface area contributed by atoms with Gasteiger partial charge in [0, 0.05) is 18.5 Å². The molecule has 1 aromatic carbocycles. The monoisotopic (exact) mass is 206 g/mol. The van der Waals surface area contributed by atoms with Gasteiger partial charge in [-0.3, -0.25) is 0 Å². The fourth-order valence-corrected chi connectivity index (χ4v) is 2.17. The fourth-order valence-electron chi connectivity index (χ4n) is 2.17. The maximum absolute atomic E-state index is 6.10. The number of hydrogen-bond donors (Lipinski definition) is 2. The molecule has 15 heavy (non-hydrogen) atoms. The largest absolute Gasteiger partial charge is 0.497 e. The Morgan fingerprint density at radius 3 is 3.07 bits per heavy atom. The average molecular weight is 206 g/mol. The number of piperidine rings is 1. The van der Waals surface area contributed by atoms with Gasteiger partial charge in [-0.2, -0.15) is 0 Å². The van der Waals surface area contributed by atoms with E-state index >= 15 is 0 Å². The zero-order valence-electron chi connectivity index (χ0n) is 9.07. The minimum atomic E-state index is 0.214. The summed E-state index contributed by atoms with van der Waals surface area (Å²) in [6.07, 6.45) is 1.11. The van der Waals surface area contributed by atoms with Crippen molar-refractivity contribution in [1.82, 2.24) is 5.32 Å². The number of nitrogens with one attached hydrogen (secondary N) is 1. The number of ether oxygens (including phenoxy) is 1. The topological polar surface area (TPSA) is 47.3 Å². The van der Waals surface area contributed by atoms with Crippen LogP contribution in [0.25, 0.3) is 0 Å². The van der Waals surface area contributed by atoms with Crippen molar-refractivity contribution in [3.05, 3.63) is 29.8 Å². The zero-order chi connectivity index (χ0) is 10.7. The highest BCUT2D eigenvalue weighted by Crippen LogP contribution is 2.27. The second kappa shape index (κ2) is 4.64. The Bertz CT molecular complexity index is 327. The smallest absolute Gasteiger partial charge is 0.119 e. The number of nitrogens with two attached hydrogens (primary N) is 1. The minimum absolute atomic E-state index is 0.214. The highest BCUT2D eigenvalue weighted by molar-refractivity contribution is 5.32. The Balaban J connectivity index is 2.19. The molecule has 0 saturated carbocycles. The van der Waals surface area contributed by atoms with E-state index in [1.165, 1.54) is 5.56 Å². The first-order valence-corrected chi connectivity index (χ1v) is 5.41. The van der Waals surface area contributed by atoms with E-state index in [0.29, 0.717) is 5.92 Å². The molecule has 0 spiro atoms. The molecule has 1 aliphatic rings. The van der Waals surface area contributed by atoms with Crippen LogP contribution in [0.1, 0.15) is 17.9 Å². The highest BCUT2D eigenvalue weighted by Gasteiger charge is 2.23. The first-order valence-electron chi connectivity index (χ1n) is 5.41. The molecule has 0 aliphatic carbocycles. The van der Waals surface area contributed by atoms with Gasteiger partial charge in [-0.25, -0.2) is 0 Å². The van der Waals surface area contributed by atoms with E-state index in [2.05, 4.69) is 17.4 Å². The maximum Gasteiger partial charge on any atom is 0.119 e. The Labute approximate surface area is 90.6 Å². The molecule has 0 aromatic heterocycles. The van der Waals surface area contributed by atoms with Gasteiger partial charge in [0.2, 0.25) is 0 Å². The molecule has 1 aromatic rings. The summed E-state index contributed by atoms with van der Waals surface area (Å²) >= 11 is 0. The summed E-state index contributed by atoms with van der Waals surface area (Å²) in [5, 5.41) is 3.31. The van der Waals surface area contributed by atoms with Crippen molar-refractivity contribution in [1.29, 1.82) is 0 Å². The molecule has 1 saturated heterocycles. The number of hydrogen-bond acceptors (Lipinski definition) is 3. The molecule has 2 atom stereocenters. The van der Waals surface area contributed by atoms with Crippen LogP contribution >= 0.6 is 0 Å². The Morgan fingerprint density at radius 2 is 2.33 bits per heavy atom. The predicted octanol–water partition coefficient (Wildman–Crippen LogP) is 1.10. The quantitative estimate of drug-likeness (QED) is 0.761. The van der Waals surface area contributed by atoms with E-state index in [4.69, 9.17) is 10.5 Å². The Morgan fingerprint density at radius 1 is 1.47 bits per heavy atom. The number of benzene rings is 1. The van der Waals surface area contributed by atoms with Gasteiger partial charge >= 0.3 is 0 Å². The van der Waals surface area contributed by atoms with E-state index in [-0.39, 0.29) is 6.04 Å². The summed E-state index contributed by atoms with van der Waals surface area (Å²) in [5.74, 6) is 1.37. The molecule has 0 radical (unpaired) electrons.